The summed E-state index contributed by atoms with van der Waals surface area (Å²) in [5.74, 6) is -0.249. The van der Waals surface area contributed by atoms with Crippen LogP contribution in [0.2, 0.25) is 0 Å². The number of likely N-dealkylation sites (tertiary alicyclic amines) is 1. The highest BCUT2D eigenvalue weighted by molar-refractivity contribution is 5.88. The molecule has 0 saturated carbocycles. The maximum atomic E-state index is 12.0. The van der Waals surface area contributed by atoms with Crippen LogP contribution in [0.1, 0.15) is 32.3 Å². The third kappa shape index (κ3) is 3.12. The lowest BCUT2D eigenvalue weighted by molar-refractivity contribution is -0.124. The normalized spacial score (nSPS) is 19.0. The number of hydrogen-bond acceptors (Lipinski definition) is 3. The summed E-state index contributed by atoms with van der Waals surface area (Å²) in [5.41, 5.74) is 7.24. The molecule has 1 aromatic rings. The maximum Gasteiger partial charge on any atom is 0.243 e. The van der Waals surface area contributed by atoms with Gasteiger partial charge in [0.2, 0.25) is 5.91 Å². The Balaban J connectivity index is 2.12. The van der Waals surface area contributed by atoms with E-state index in [1.165, 1.54) is 5.56 Å². The first kappa shape index (κ1) is 14.9. The van der Waals surface area contributed by atoms with Crippen molar-refractivity contribution in [3.63, 3.8) is 0 Å². The first-order valence-corrected chi connectivity index (χ1v) is 7.32. The van der Waals surface area contributed by atoms with Gasteiger partial charge in [0.15, 0.2) is 0 Å². The molecule has 1 fully saturated rings. The molecule has 1 aromatic carbocycles. The molecular formula is C16H25N3O. The lowest BCUT2D eigenvalue weighted by atomic mass is 9.86. The molecule has 1 heterocycles. The summed E-state index contributed by atoms with van der Waals surface area (Å²) < 4.78 is 0. The van der Waals surface area contributed by atoms with Gasteiger partial charge in [-0.25, -0.2) is 0 Å². The molecule has 0 aliphatic carbocycles. The largest absolute Gasteiger partial charge is 0.371 e. The number of carbonyl (C=O) groups excluding carboxylic acids is 1. The standard InChI is InChI=1S/C16H25N3O/c1-12(2)19-10-8-16(9-11-19,15(17)20)18-14-6-4-13(3)5-7-14/h4-7,12,18H,8-11H2,1-3H3,(H2,17,20). The fourth-order valence-corrected chi connectivity index (χ4v) is 2.77. The van der Waals surface area contributed by atoms with Crippen LogP contribution in [-0.4, -0.2) is 35.5 Å². The van der Waals surface area contributed by atoms with E-state index in [0.29, 0.717) is 6.04 Å². The molecule has 1 saturated heterocycles. The Morgan fingerprint density at radius 1 is 1.25 bits per heavy atom. The predicted molar refractivity (Wildman–Crippen MR) is 82.7 cm³/mol. The lowest BCUT2D eigenvalue weighted by Gasteiger charge is -2.42. The van der Waals surface area contributed by atoms with E-state index in [1.807, 2.05) is 24.3 Å². The number of nitrogens with zero attached hydrogens (tertiary/aromatic N) is 1. The highest BCUT2D eigenvalue weighted by Crippen LogP contribution is 2.28. The van der Waals surface area contributed by atoms with Gasteiger partial charge in [-0.1, -0.05) is 17.7 Å². The second-order valence-corrected chi connectivity index (χ2v) is 6.07. The van der Waals surface area contributed by atoms with Gasteiger partial charge in [-0.05, 0) is 45.7 Å². The molecule has 1 aliphatic heterocycles. The zero-order valence-electron chi connectivity index (χ0n) is 12.6. The second-order valence-electron chi connectivity index (χ2n) is 6.07. The van der Waals surface area contributed by atoms with Crippen LogP contribution in [0.5, 0.6) is 0 Å². The minimum Gasteiger partial charge on any atom is -0.371 e. The molecule has 0 unspecified atom stereocenters. The molecule has 20 heavy (non-hydrogen) atoms. The summed E-state index contributed by atoms with van der Waals surface area (Å²) in [7, 11) is 0. The number of nitrogens with two attached hydrogens (primary N) is 1. The van der Waals surface area contributed by atoms with Crippen LogP contribution in [0.25, 0.3) is 0 Å². The molecule has 4 nitrogen and oxygen atoms in total. The Kier molecular flexibility index (Phi) is 4.33. The van der Waals surface area contributed by atoms with Crippen molar-refractivity contribution in [2.45, 2.75) is 45.2 Å². The van der Waals surface area contributed by atoms with Crippen molar-refractivity contribution < 1.29 is 4.79 Å². The summed E-state index contributed by atoms with van der Waals surface area (Å²) in [6, 6.07) is 8.62. The average molecular weight is 275 g/mol. The summed E-state index contributed by atoms with van der Waals surface area (Å²) >= 11 is 0. The molecule has 0 bridgehead atoms. The van der Waals surface area contributed by atoms with E-state index >= 15 is 0 Å². The number of amides is 1. The van der Waals surface area contributed by atoms with E-state index in [2.05, 4.69) is 31.0 Å². The number of piperidine rings is 1. The van der Waals surface area contributed by atoms with Crippen molar-refractivity contribution in [2.75, 3.05) is 18.4 Å². The van der Waals surface area contributed by atoms with Gasteiger partial charge in [0, 0.05) is 24.8 Å². The van der Waals surface area contributed by atoms with Crippen LogP contribution in [0, 0.1) is 6.92 Å². The molecule has 3 N–H and O–H groups in total. The highest BCUT2D eigenvalue weighted by atomic mass is 16.1. The van der Waals surface area contributed by atoms with E-state index in [4.69, 9.17) is 5.73 Å². The van der Waals surface area contributed by atoms with Crippen LogP contribution < -0.4 is 11.1 Å². The Morgan fingerprint density at radius 3 is 2.25 bits per heavy atom. The van der Waals surface area contributed by atoms with Crippen molar-refractivity contribution in [3.05, 3.63) is 29.8 Å². The van der Waals surface area contributed by atoms with Crippen molar-refractivity contribution in [2.24, 2.45) is 5.73 Å². The van der Waals surface area contributed by atoms with Gasteiger partial charge in [-0.3, -0.25) is 4.79 Å². The third-order valence-corrected chi connectivity index (χ3v) is 4.29. The fourth-order valence-electron chi connectivity index (χ4n) is 2.77. The van der Waals surface area contributed by atoms with Crippen molar-refractivity contribution >= 4 is 11.6 Å². The number of nitrogens with one attached hydrogen (secondary N) is 1. The van der Waals surface area contributed by atoms with Gasteiger partial charge in [-0.2, -0.15) is 0 Å². The van der Waals surface area contributed by atoms with E-state index in [9.17, 15) is 4.79 Å². The Hall–Kier alpha value is -1.55. The number of benzene rings is 1. The maximum absolute atomic E-state index is 12.0. The van der Waals surface area contributed by atoms with Gasteiger partial charge in [-0.15, -0.1) is 0 Å². The minimum absolute atomic E-state index is 0.249. The molecule has 0 atom stereocenters. The predicted octanol–water partition coefficient (Wildman–Crippen LogP) is 2.14. The van der Waals surface area contributed by atoms with Crippen LogP contribution >= 0.6 is 0 Å². The van der Waals surface area contributed by atoms with Gasteiger partial charge < -0.3 is 16.0 Å². The number of anilines is 1. The van der Waals surface area contributed by atoms with E-state index in [-0.39, 0.29) is 5.91 Å². The number of carbonyl (C=O) groups is 1. The molecule has 2 rings (SSSR count). The zero-order chi connectivity index (χ0) is 14.8. The Bertz CT molecular complexity index is 459. The summed E-state index contributed by atoms with van der Waals surface area (Å²) in [4.78, 5) is 14.4. The summed E-state index contributed by atoms with van der Waals surface area (Å²) in [6.45, 7) is 8.23. The second kappa shape index (κ2) is 5.83. The molecular weight excluding hydrogens is 250 g/mol. The van der Waals surface area contributed by atoms with Gasteiger partial charge in [0.05, 0.1) is 0 Å². The Labute approximate surface area is 121 Å². The van der Waals surface area contributed by atoms with Crippen molar-refractivity contribution in [1.82, 2.24) is 4.90 Å². The minimum atomic E-state index is -0.610. The monoisotopic (exact) mass is 275 g/mol. The fraction of sp³-hybridized carbons (Fsp3) is 0.562. The molecule has 110 valence electrons. The van der Waals surface area contributed by atoms with Crippen LogP contribution in [0.4, 0.5) is 5.69 Å². The quantitative estimate of drug-likeness (QED) is 0.885. The SMILES string of the molecule is Cc1ccc(NC2(C(N)=O)CCN(C(C)C)CC2)cc1. The molecule has 1 aliphatic rings. The molecule has 0 aromatic heterocycles. The number of primary amides is 1. The first-order chi connectivity index (χ1) is 9.43. The topological polar surface area (TPSA) is 58.4 Å². The number of hydrogen-bond donors (Lipinski definition) is 2. The van der Waals surface area contributed by atoms with Crippen LogP contribution in [0.3, 0.4) is 0 Å². The highest BCUT2D eigenvalue weighted by Gasteiger charge is 2.40. The Morgan fingerprint density at radius 2 is 1.80 bits per heavy atom. The van der Waals surface area contributed by atoms with Gasteiger partial charge in [0.1, 0.15) is 5.54 Å². The van der Waals surface area contributed by atoms with Crippen LogP contribution in [-0.2, 0) is 4.79 Å². The average Bonchev–Trinajstić information content (AvgIpc) is 2.42. The number of aryl methyl sites for hydroxylation is 1. The smallest absolute Gasteiger partial charge is 0.243 e. The molecule has 4 heteroatoms. The van der Waals surface area contributed by atoms with E-state index < -0.39 is 5.54 Å². The summed E-state index contributed by atoms with van der Waals surface area (Å²) in [6.07, 6.45) is 1.52. The number of rotatable bonds is 4. The summed E-state index contributed by atoms with van der Waals surface area (Å²) in [5, 5.41) is 3.38. The molecule has 0 radical (unpaired) electrons. The van der Waals surface area contributed by atoms with E-state index in [1.54, 1.807) is 0 Å². The first-order valence-electron chi connectivity index (χ1n) is 7.32. The molecule has 0 spiro atoms. The van der Waals surface area contributed by atoms with Gasteiger partial charge >= 0.3 is 0 Å². The van der Waals surface area contributed by atoms with Crippen LogP contribution in [0.15, 0.2) is 24.3 Å². The van der Waals surface area contributed by atoms with Crippen molar-refractivity contribution in [3.8, 4) is 0 Å². The third-order valence-electron chi connectivity index (χ3n) is 4.29. The van der Waals surface area contributed by atoms with Crippen molar-refractivity contribution in [1.29, 1.82) is 0 Å². The zero-order valence-corrected chi connectivity index (χ0v) is 12.6. The van der Waals surface area contributed by atoms with Gasteiger partial charge in [0.25, 0.3) is 0 Å². The molecule has 1 amide bonds. The van der Waals surface area contributed by atoms with E-state index in [0.717, 1.165) is 31.6 Å². The lowest BCUT2D eigenvalue weighted by Crippen LogP contribution is -2.57.